The predicted octanol–water partition coefficient (Wildman–Crippen LogP) is 0.914. The number of nitrogens with zero attached hydrogens (tertiary/aromatic N) is 1. The summed E-state index contributed by atoms with van der Waals surface area (Å²) in [7, 11) is 2.17. The molecule has 0 aliphatic carbocycles. The lowest BCUT2D eigenvalue weighted by Gasteiger charge is -2.21. The summed E-state index contributed by atoms with van der Waals surface area (Å²) >= 11 is 0. The third-order valence-electron chi connectivity index (χ3n) is 2.38. The monoisotopic (exact) mass is 201 g/mol. The summed E-state index contributed by atoms with van der Waals surface area (Å²) in [6.07, 6.45) is 0. The molecule has 0 radical (unpaired) electrons. The third kappa shape index (κ3) is 8.48. The minimum atomic E-state index is 0.593. The Morgan fingerprint density at radius 1 is 1.00 bits per heavy atom. The zero-order chi connectivity index (χ0) is 11.0. The van der Waals surface area contributed by atoms with E-state index in [9.17, 15) is 0 Å². The van der Waals surface area contributed by atoms with Gasteiger partial charge in [-0.2, -0.15) is 0 Å². The van der Waals surface area contributed by atoms with E-state index in [1.807, 2.05) is 0 Å². The lowest BCUT2D eigenvalue weighted by atomic mass is 10.3. The highest BCUT2D eigenvalue weighted by atomic mass is 15.1. The van der Waals surface area contributed by atoms with Gasteiger partial charge in [0.25, 0.3) is 0 Å². The zero-order valence-electron chi connectivity index (χ0n) is 10.4. The van der Waals surface area contributed by atoms with Gasteiger partial charge in [0.1, 0.15) is 0 Å². The van der Waals surface area contributed by atoms with Crippen molar-refractivity contribution >= 4 is 0 Å². The van der Waals surface area contributed by atoms with E-state index < -0.39 is 0 Å². The first-order chi connectivity index (χ1) is 6.54. The van der Waals surface area contributed by atoms with Gasteiger partial charge in [-0.3, -0.25) is 0 Å². The van der Waals surface area contributed by atoms with Crippen molar-refractivity contribution in [2.24, 2.45) is 0 Å². The van der Waals surface area contributed by atoms with Crippen LogP contribution >= 0.6 is 0 Å². The van der Waals surface area contributed by atoms with Gasteiger partial charge >= 0.3 is 0 Å². The summed E-state index contributed by atoms with van der Waals surface area (Å²) in [4.78, 5) is 2.35. The number of likely N-dealkylation sites (N-methyl/N-ethyl adjacent to an activating group) is 1. The lowest BCUT2D eigenvalue weighted by Crippen LogP contribution is -2.37. The molecule has 0 aromatic rings. The van der Waals surface area contributed by atoms with Gasteiger partial charge in [-0.25, -0.2) is 0 Å². The van der Waals surface area contributed by atoms with Crippen LogP contribution in [0.25, 0.3) is 0 Å². The highest BCUT2D eigenvalue weighted by molar-refractivity contribution is 4.60. The van der Waals surface area contributed by atoms with Crippen LogP contribution in [0.1, 0.15) is 27.7 Å². The van der Waals surface area contributed by atoms with Crippen molar-refractivity contribution in [2.45, 2.75) is 39.8 Å². The molecule has 2 N–H and O–H groups in total. The van der Waals surface area contributed by atoms with Crippen molar-refractivity contribution in [1.29, 1.82) is 0 Å². The normalized spacial score (nSPS) is 12.0. The van der Waals surface area contributed by atoms with Crippen molar-refractivity contribution in [2.75, 3.05) is 33.2 Å². The first-order valence-corrected chi connectivity index (χ1v) is 5.68. The average molecular weight is 201 g/mol. The number of hydrogen-bond acceptors (Lipinski definition) is 3. The minimum Gasteiger partial charge on any atom is -0.314 e. The molecule has 0 aliphatic heterocycles. The topological polar surface area (TPSA) is 27.3 Å². The largest absolute Gasteiger partial charge is 0.314 e. The Morgan fingerprint density at radius 2 is 1.64 bits per heavy atom. The SMILES string of the molecule is CC(C)NCCNCCN(C)C(C)C. The van der Waals surface area contributed by atoms with Gasteiger partial charge in [0.2, 0.25) is 0 Å². The molecule has 0 saturated carbocycles. The van der Waals surface area contributed by atoms with Crippen molar-refractivity contribution < 1.29 is 0 Å². The Balaban J connectivity index is 3.13. The Kier molecular flexibility index (Phi) is 8.14. The Labute approximate surface area is 89.2 Å². The van der Waals surface area contributed by atoms with Gasteiger partial charge in [-0.15, -0.1) is 0 Å². The molecule has 0 aromatic heterocycles. The molecule has 0 spiro atoms. The van der Waals surface area contributed by atoms with Gasteiger partial charge in [-0.05, 0) is 20.9 Å². The maximum absolute atomic E-state index is 3.42. The molecule has 14 heavy (non-hydrogen) atoms. The van der Waals surface area contributed by atoms with Gasteiger partial charge in [0.15, 0.2) is 0 Å². The summed E-state index contributed by atoms with van der Waals surface area (Å²) < 4.78 is 0. The quantitative estimate of drug-likeness (QED) is 0.572. The summed E-state index contributed by atoms with van der Waals surface area (Å²) in [5, 5.41) is 6.80. The summed E-state index contributed by atoms with van der Waals surface area (Å²) in [5.74, 6) is 0. The standard InChI is InChI=1S/C11H27N3/c1-10(2)13-7-6-12-8-9-14(5)11(3)4/h10-13H,6-9H2,1-5H3. The lowest BCUT2D eigenvalue weighted by molar-refractivity contribution is 0.273. The van der Waals surface area contributed by atoms with E-state index in [-0.39, 0.29) is 0 Å². The molecule has 0 unspecified atom stereocenters. The van der Waals surface area contributed by atoms with E-state index in [4.69, 9.17) is 0 Å². The number of rotatable bonds is 8. The van der Waals surface area contributed by atoms with Gasteiger partial charge in [-0.1, -0.05) is 13.8 Å². The number of nitrogens with one attached hydrogen (secondary N) is 2. The molecule has 0 aromatic carbocycles. The molecule has 86 valence electrons. The van der Waals surface area contributed by atoms with E-state index in [1.54, 1.807) is 0 Å². The Hall–Kier alpha value is -0.120. The van der Waals surface area contributed by atoms with E-state index >= 15 is 0 Å². The van der Waals surface area contributed by atoms with Crippen molar-refractivity contribution in [3.8, 4) is 0 Å². The van der Waals surface area contributed by atoms with Crippen LogP contribution in [0.15, 0.2) is 0 Å². The zero-order valence-corrected chi connectivity index (χ0v) is 10.4. The summed E-state index contributed by atoms with van der Waals surface area (Å²) in [6.45, 7) is 13.1. The summed E-state index contributed by atoms with van der Waals surface area (Å²) in [5.41, 5.74) is 0. The molecular weight excluding hydrogens is 174 g/mol. The van der Waals surface area contributed by atoms with Gasteiger partial charge < -0.3 is 15.5 Å². The molecular formula is C11H27N3. The Morgan fingerprint density at radius 3 is 2.14 bits per heavy atom. The molecule has 0 saturated heterocycles. The van der Waals surface area contributed by atoms with Crippen LogP contribution in [0.3, 0.4) is 0 Å². The second-order valence-corrected chi connectivity index (χ2v) is 4.43. The molecule has 0 bridgehead atoms. The second-order valence-electron chi connectivity index (χ2n) is 4.43. The van der Waals surface area contributed by atoms with Crippen LogP contribution in [0.2, 0.25) is 0 Å². The van der Waals surface area contributed by atoms with Crippen molar-refractivity contribution in [1.82, 2.24) is 15.5 Å². The minimum absolute atomic E-state index is 0.593. The summed E-state index contributed by atoms with van der Waals surface area (Å²) in [6, 6.07) is 1.24. The fourth-order valence-electron chi connectivity index (χ4n) is 1.09. The predicted molar refractivity (Wildman–Crippen MR) is 63.8 cm³/mol. The molecule has 0 rings (SSSR count). The van der Waals surface area contributed by atoms with E-state index in [0.29, 0.717) is 12.1 Å². The average Bonchev–Trinajstić information content (AvgIpc) is 2.09. The first-order valence-electron chi connectivity index (χ1n) is 5.68. The molecule has 0 aliphatic rings. The van der Waals surface area contributed by atoms with Crippen LogP contribution in [0.5, 0.6) is 0 Å². The fourth-order valence-corrected chi connectivity index (χ4v) is 1.09. The molecule has 3 nitrogen and oxygen atoms in total. The first kappa shape index (κ1) is 13.9. The molecule has 3 heteroatoms. The van der Waals surface area contributed by atoms with Gasteiger partial charge in [0, 0.05) is 38.3 Å². The maximum atomic E-state index is 3.42. The fraction of sp³-hybridized carbons (Fsp3) is 1.00. The highest BCUT2D eigenvalue weighted by Gasteiger charge is 2.00. The third-order valence-corrected chi connectivity index (χ3v) is 2.38. The number of hydrogen-bond donors (Lipinski definition) is 2. The highest BCUT2D eigenvalue weighted by Crippen LogP contribution is 1.90. The van der Waals surface area contributed by atoms with Crippen LogP contribution in [-0.4, -0.2) is 50.2 Å². The maximum Gasteiger partial charge on any atom is 0.0106 e. The van der Waals surface area contributed by atoms with Crippen molar-refractivity contribution in [3.05, 3.63) is 0 Å². The smallest absolute Gasteiger partial charge is 0.0106 e. The van der Waals surface area contributed by atoms with Crippen LogP contribution in [0, 0.1) is 0 Å². The molecule has 0 atom stereocenters. The molecule has 0 heterocycles. The van der Waals surface area contributed by atoms with Crippen LogP contribution in [0.4, 0.5) is 0 Å². The van der Waals surface area contributed by atoms with E-state index in [1.165, 1.54) is 0 Å². The van der Waals surface area contributed by atoms with Crippen molar-refractivity contribution in [3.63, 3.8) is 0 Å². The Bertz CT molecular complexity index is 124. The van der Waals surface area contributed by atoms with E-state index in [0.717, 1.165) is 26.2 Å². The van der Waals surface area contributed by atoms with Gasteiger partial charge in [0.05, 0.1) is 0 Å². The van der Waals surface area contributed by atoms with Crippen LogP contribution < -0.4 is 10.6 Å². The molecule has 0 fully saturated rings. The van der Waals surface area contributed by atoms with E-state index in [2.05, 4.69) is 50.3 Å². The van der Waals surface area contributed by atoms with Crippen LogP contribution in [-0.2, 0) is 0 Å². The second kappa shape index (κ2) is 8.21. The molecule has 0 amide bonds.